The van der Waals surface area contributed by atoms with Crippen LogP contribution < -0.4 is 9.04 Å². The molecule has 0 unspecified atom stereocenters. The Balaban J connectivity index is 2.62. The van der Waals surface area contributed by atoms with Crippen LogP contribution in [0.4, 0.5) is 18.9 Å². The van der Waals surface area contributed by atoms with Crippen molar-refractivity contribution in [2.75, 3.05) is 11.4 Å². The lowest BCUT2D eigenvalue weighted by Gasteiger charge is -2.24. The first-order valence-corrected chi connectivity index (χ1v) is 8.72. The van der Waals surface area contributed by atoms with Crippen LogP contribution in [0.2, 0.25) is 0 Å². The van der Waals surface area contributed by atoms with E-state index in [-0.39, 0.29) is 11.8 Å². The highest BCUT2D eigenvalue weighted by Gasteiger charge is 2.52. The number of anilines is 1. The van der Waals surface area contributed by atoms with Crippen molar-refractivity contribution in [2.24, 2.45) is 0 Å². The lowest BCUT2D eigenvalue weighted by Crippen LogP contribution is -2.44. The van der Waals surface area contributed by atoms with Crippen LogP contribution in [0.15, 0.2) is 36.7 Å². The molecule has 150 valence electrons. The molecule has 1 aromatic carbocycles. The summed E-state index contributed by atoms with van der Waals surface area (Å²) in [4.78, 5) is 31.3. The number of alkyl halides is 3. The topological polar surface area (TPSA) is 116 Å². The monoisotopic (exact) mass is 419 g/mol. The predicted octanol–water partition coefficient (Wildman–Crippen LogP) is 2.26. The molecule has 28 heavy (non-hydrogen) atoms. The largest absolute Gasteiger partial charge is 0.517 e. The Morgan fingerprint density at radius 3 is 2.25 bits per heavy atom. The third kappa shape index (κ3) is 4.19. The number of aromatic nitrogens is 2. The van der Waals surface area contributed by atoms with Gasteiger partial charge in [-0.25, -0.2) is 14.8 Å². The third-order valence-corrected chi connectivity index (χ3v) is 4.68. The molecular formula is C15H12F3N3O6S. The fourth-order valence-electron chi connectivity index (χ4n) is 2.04. The smallest absolute Gasteiger partial charge is 0.465 e. The average Bonchev–Trinajstić information content (AvgIpc) is 2.61. The molecule has 0 aliphatic heterocycles. The second kappa shape index (κ2) is 7.80. The number of hydrogen-bond acceptors (Lipinski definition) is 8. The molecule has 0 fully saturated rings. The fourth-order valence-corrected chi connectivity index (χ4v) is 3.01. The number of methoxy groups -OCH3 is 1. The molecule has 2 aromatic rings. The van der Waals surface area contributed by atoms with Crippen LogP contribution in [-0.2, 0) is 19.6 Å². The van der Waals surface area contributed by atoms with Crippen molar-refractivity contribution in [3.63, 3.8) is 0 Å². The number of benzene rings is 1. The maximum Gasteiger partial charge on any atom is 0.517 e. The van der Waals surface area contributed by atoms with Crippen molar-refractivity contribution in [2.45, 2.75) is 12.4 Å². The standard InChI is InChI=1S/C15H12F3N3O6S/c1-9(22)21(28(24,25)15(16,17)18)12-5-4-10(8-11(12)13(23)26-2)27-14-19-6-3-7-20-14/h3-8H,1-2H3. The average molecular weight is 419 g/mol. The molecule has 0 aliphatic carbocycles. The number of rotatable bonds is 5. The van der Waals surface area contributed by atoms with Gasteiger partial charge in [-0.2, -0.15) is 25.9 Å². The van der Waals surface area contributed by atoms with Crippen molar-refractivity contribution in [3.8, 4) is 11.8 Å². The Labute approximate surface area is 156 Å². The van der Waals surface area contributed by atoms with Crippen molar-refractivity contribution >= 4 is 27.6 Å². The Hall–Kier alpha value is -3.22. The molecule has 9 nitrogen and oxygen atoms in total. The summed E-state index contributed by atoms with van der Waals surface area (Å²) in [5, 5.41) is 0. The van der Waals surface area contributed by atoms with Gasteiger partial charge in [-0.15, -0.1) is 0 Å². The van der Waals surface area contributed by atoms with Crippen molar-refractivity contribution in [1.82, 2.24) is 9.97 Å². The van der Waals surface area contributed by atoms with E-state index in [9.17, 15) is 31.2 Å². The number of sulfonamides is 1. The molecular weight excluding hydrogens is 407 g/mol. The number of nitrogens with zero attached hydrogens (tertiary/aromatic N) is 3. The minimum Gasteiger partial charge on any atom is -0.465 e. The van der Waals surface area contributed by atoms with E-state index in [1.165, 1.54) is 18.5 Å². The predicted molar refractivity (Wildman–Crippen MR) is 88.0 cm³/mol. The molecule has 0 bridgehead atoms. The Bertz CT molecular complexity index is 996. The molecule has 0 aliphatic rings. The zero-order valence-electron chi connectivity index (χ0n) is 14.3. The first-order chi connectivity index (χ1) is 13.0. The summed E-state index contributed by atoms with van der Waals surface area (Å²) in [6.07, 6.45) is 2.70. The number of amides is 1. The van der Waals surface area contributed by atoms with E-state index in [2.05, 4.69) is 14.7 Å². The molecule has 1 amide bonds. The SMILES string of the molecule is COC(=O)c1cc(Oc2ncccn2)ccc1N(C(C)=O)S(=O)(=O)C(F)(F)F. The van der Waals surface area contributed by atoms with Crippen LogP contribution in [-0.4, -0.2) is 42.9 Å². The van der Waals surface area contributed by atoms with Crippen LogP contribution in [0.3, 0.4) is 0 Å². The van der Waals surface area contributed by atoms with Gasteiger partial charge in [-0.3, -0.25) is 4.79 Å². The highest BCUT2D eigenvalue weighted by molar-refractivity contribution is 7.94. The minimum atomic E-state index is -6.12. The number of halogens is 3. The summed E-state index contributed by atoms with van der Waals surface area (Å²) in [6, 6.07) is 4.11. The van der Waals surface area contributed by atoms with E-state index in [0.717, 1.165) is 25.3 Å². The highest BCUT2D eigenvalue weighted by Crippen LogP contribution is 2.35. The number of esters is 1. The van der Waals surface area contributed by atoms with Crippen molar-refractivity contribution < 1.29 is 40.7 Å². The second-order valence-electron chi connectivity index (χ2n) is 5.04. The van der Waals surface area contributed by atoms with E-state index in [0.29, 0.717) is 6.92 Å². The minimum absolute atomic E-state index is 0.108. The summed E-state index contributed by atoms with van der Waals surface area (Å²) >= 11 is 0. The van der Waals surface area contributed by atoms with Gasteiger partial charge in [0.2, 0.25) is 5.91 Å². The summed E-state index contributed by atoms with van der Waals surface area (Å²) in [7, 11) is -5.19. The molecule has 0 saturated carbocycles. The fraction of sp³-hybridized carbons (Fsp3) is 0.200. The third-order valence-electron chi connectivity index (χ3n) is 3.16. The van der Waals surface area contributed by atoms with Gasteiger partial charge in [0, 0.05) is 19.3 Å². The molecule has 1 heterocycles. The van der Waals surface area contributed by atoms with Crippen LogP contribution >= 0.6 is 0 Å². The van der Waals surface area contributed by atoms with Gasteiger partial charge >= 0.3 is 27.5 Å². The van der Waals surface area contributed by atoms with Crippen LogP contribution in [0.25, 0.3) is 0 Å². The van der Waals surface area contributed by atoms with E-state index in [1.807, 2.05) is 0 Å². The molecule has 0 atom stereocenters. The lowest BCUT2D eigenvalue weighted by atomic mass is 10.1. The first-order valence-electron chi connectivity index (χ1n) is 7.28. The Morgan fingerprint density at radius 1 is 1.14 bits per heavy atom. The van der Waals surface area contributed by atoms with E-state index >= 15 is 0 Å². The Kier molecular flexibility index (Phi) is 5.87. The van der Waals surface area contributed by atoms with Gasteiger partial charge in [-0.05, 0) is 24.3 Å². The summed E-state index contributed by atoms with van der Waals surface area (Å²) < 4.78 is 71.7. The zero-order valence-corrected chi connectivity index (χ0v) is 15.1. The molecule has 0 saturated heterocycles. The summed E-state index contributed by atoms with van der Waals surface area (Å²) in [5.74, 6) is -2.79. The quantitative estimate of drug-likeness (QED) is 0.678. The molecule has 2 rings (SSSR count). The second-order valence-corrected chi connectivity index (χ2v) is 6.82. The molecule has 0 spiro atoms. The number of hydrogen-bond donors (Lipinski definition) is 0. The van der Waals surface area contributed by atoms with Gasteiger partial charge in [-0.1, -0.05) is 0 Å². The maximum atomic E-state index is 13.0. The maximum absolute atomic E-state index is 13.0. The number of ether oxygens (including phenoxy) is 2. The Morgan fingerprint density at radius 2 is 1.75 bits per heavy atom. The van der Waals surface area contributed by atoms with Crippen molar-refractivity contribution in [3.05, 3.63) is 42.2 Å². The molecule has 0 radical (unpaired) electrons. The van der Waals surface area contributed by atoms with Gasteiger partial charge in [0.05, 0.1) is 18.4 Å². The molecule has 1 aromatic heterocycles. The number of carbonyl (C=O) groups is 2. The zero-order chi connectivity index (χ0) is 21.1. The first kappa shape index (κ1) is 21.1. The van der Waals surface area contributed by atoms with Crippen LogP contribution in [0.5, 0.6) is 11.8 Å². The summed E-state index contributed by atoms with van der Waals surface area (Å²) in [5.41, 5.74) is -7.28. The van der Waals surface area contributed by atoms with Gasteiger partial charge in [0.15, 0.2) is 0 Å². The van der Waals surface area contributed by atoms with Crippen LogP contribution in [0, 0.1) is 0 Å². The highest BCUT2D eigenvalue weighted by atomic mass is 32.2. The number of carbonyl (C=O) groups excluding carboxylic acids is 2. The van der Waals surface area contributed by atoms with Gasteiger partial charge < -0.3 is 9.47 Å². The molecule has 0 N–H and O–H groups in total. The van der Waals surface area contributed by atoms with E-state index in [1.54, 1.807) is 0 Å². The molecule has 13 heteroatoms. The van der Waals surface area contributed by atoms with Crippen LogP contribution in [0.1, 0.15) is 17.3 Å². The van der Waals surface area contributed by atoms with E-state index < -0.39 is 43.0 Å². The van der Waals surface area contributed by atoms with E-state index in [4.69, 9.17) is 4.74 Å². The summed E-state index contributed by atoms with van der Waals surface area (Å²) in [6.45, 7) is 0.604. The lowest BCUT2D eigenvalue weighted by molar-refractivity contribution is -0.115. The normalized spacial score (nSPS) is 11.6. The van der Waals surface area contributed by atoms with Crippen molar-refractivity contribution in [1.29, 1.82) is 0 Å². The van der Waals surface area contributed by atoms with Gasteiger partial charge in [0.25, 0.3) is 0 Å². The van der Waals surface area contributed by atoms with Gasteiger partial charge in [0.1, 0.15) is 5.75 Å².